The van der Waals surface area contributed by atoms with Gasteiger partial charge in [-0.05, 0) is 0 Å². The molecule has 0 aromatic rings. The Kier molecular flexibility index (Phi) is 2.13. The molecule has 3 unspecified atom stereocenters. The first-order chi connectivity index (χ1) is 6.59. The number of rotatable bonds is 1. The molecule has 0 aromatic carbocycles. The smallest absolute Gasteiger partial charge is 0.407 e. The van der Waals surface area contributed by atoms with Crippen molar-refractivity contribution in [3.05, 3.63) is 0 Å². The third-order valence-electron chi connectivity index (χ3n) is 3.02. The van der Waals surface area contributed by atoms with E-state index in [4.69, 9.17) is 14.9 Å². The fraction of sp³-hybridized carbons (Fsp3) is 0.875. The van der Waals surface area contributed by atoms with Crippen molar-refractivity contribution < 1.29 is 24.9 Å². The molecule has 6 heteroatoms. The Morgan fingerprint density at radius 2 is 2.36 bits per heavy atom. The van der Waals surface area contributed by atoms with Crippen molar-refractivity contribution >= 4 is 6.09 Å². The summed E-state index contributed by atoms with van der Waals surface area (Å²) in [6.07, 6.45) is -1.80. The first-order valence-electron chi connectivity index (χ1n) is 4.50. The normalized spacial score (nSPS) is 41.4. The Morgan fingerprint density at radius 1 is 1.64 bits per heavy atom. The van der Waals surface area contributed by atoms with E-state index in [1.54, 1.807) is 0 Å². The van der Waals surface area contributed by atoms with Gasteiger partial charge in [-0.2, -0.15) is 0 Å². The van der Waals surface area contributed by atoms with Crippen LogP contribution in [0.15, 0.2) is 0 Å². The Hall–Kier alpha value is -0.850. The molecule has 2 bridgehead atoms. The molecule has 2 aliphatic heterocycles. The summed E-state index contributed by atoms with van der Waals surface area (Å²) in [5.74, 6) is -0.216. The van der Waals surface area contributed by atoms with Crippen molar-refractivity contribution in [1.29, 1.82) is 0 Å². The van der Waals surface area contributed by atoms with Gasteiger partial charge in [-0.15, -0.1) is 0 Å². The minimum absolute atomic E-state index is 0.0382. The average Bonchev–Trinajstić information content (AvgIpc) is 2.39. The zero-order valence-corrected chi connectivity index (χ0v) is 7.59. The molecule has 1 amide bonds. The maximum Gasteiger partial charge on any atom is 0.407 e. The summed E-state index contributed by atoms with van der Waals surface area (Å²) in [5, 5.41) is 27.7. The van der Waals surface area contributed by atoms with E-state index in [1.807, 2.05) is 0 Å². The maximum atomic E-state index is 10.7. The Bertz CT molecular complexity index is 258. The number of likely N-dealkylation sites (tertiary alicyclic amines) is 1. The Morgan fingerprint density at radius 3 is 2.93 bits per heavy atom. The molecule has 0 radical (unpaired) electrons. The third-order valence-corrected chi connectivity index (χ3v) is 3.02. The van der Waals surface area contributed by atoms with Gasteiger partial charge in [0.1, 0.15) is 5.60 Å². The van der Waals surface area contributed by atoms with Crippen molar-refractivity contribution in [3.8, 4) is 0 Å². The molecule has 3 N–H and O–H groups in total. The lowest BCUT2D eigenvalue weighted by Crippen LogP contribution is -2.59. The van der Waals surface area contributed by atoms with Gasteiger partial charge in [0.05, 0.1) is 25.9 Å². The van der Waals surface area contributed by atoms with E-state index in [-0.39, 0.29) is 25.6 Å². The lowest BCUT2D eigenvalue weighted by molar-refractivity contribution is -0.115. The van der Waals surface area contributed by atoms with E-state index < -0.39 is 17.8 Å². The molecule has 0 saturated carbocycles. The van der Waals surface area contributed by atoms with Gasteiger partial charge in [0.25, 0.3) is 0 Å². The number of hydrogen-bond acceptors (Lipinski definition) is 4. The SMILES string of the molecule is O=C(O)N1CC2COC(CO)(C1)C2O. The van der Waals surface area contributed by atoms with E-state index in [0.29, 0.717) is 6.61 Å². The molecule has 2 heterocycles. The Labute approximate surface area is 80.7 Å². The fourth-order valence-corrected chi connectivity index (χ4v) is 2.18. The van der Waals surface area contributed by atoms with E-state index in [9.17, 15) is 9.90 Å². The molecule has 80 valence electrons. The molecule has 2 aliphatic rings. The second kappa shape index (κ2) is 3.08. The van der Waals surface area contributed by atoms with Crippen molar-refractivity contribution in [2.45, 2.75) is 11.7 Å². The monoisotopic (exact) mass is 203 g/mol. The number of aliphatic hydroxyl groups is 2. The summed E-state index contributed by atoms with van der Waals surface area (Å²) in [5.41, 5.74) is -1.10. The first kappa shape index (κ1) is 9.70. The number of carbonyl (C=O) groups is 1. The van der Waals surface area contributed by atoms with Crippen molar-refractivity contribution in [2.24, 2.45) is 5.92 Å². The zero-order valence-electron chi connectivity index (χ0n) is 7.59. The molecule has 0 spiro atoms. The minimum atomic E-state index is -1.10. The summed E-state index contributed by atoms with van der Waals surface area (Å²) in [4.78, 5) is 11.9. The fourth-order valence-electron chi connectivity index (χ4n) is 2.18. The van der Waals surface area contributed by atoms with Gasteiger partial charge in [-0.3, -0.25) is 0 Å². The number of aliphatic hydroxyl groups excluding tert-OH is 2. The maximum absolute atomic E-state index is 10.7. The highest BCUT2D eigenvalue weighted by atomic mass is 16.5. The molecular formula is C8H13NO5. The van der Waals surface area contributed by atoms with Crippen LogP contribution in [0.3, 0.4) is 0 Å². The topological polar surface area (TPSA) is 90.2 Å². The molecule has 2 saturated heterocycles. The number of nitrogens with zero attached hydrogens (tertiary/aromatic N) is 1. The van der Waals surface area contributed by atoms with Gasteiger partial charge in [0.2, 0.25) is 0 Å². The highest BCUT2D eigenvalue weighted by molar-refractivity contribution is 5.65. The van der Waals surface area contributed by atoms with Crippen LogP contribution in [0.25, 0.3) is 0 Å². The van der Waals surface area contributed by atoms with Crippen molar-refractivity contribution in [1.82, 2.24) is 4.90 Å². The number of amides is 1. The molecular weight excluding hydrogens is 190 g/mol. The van der Waals surface area contributed by atoms with Crippen LogP contribution in [-0.4, -0.2) is 64.3 Å². The van der Waals surface area contributed by atoms with Gasteiger partial charge >= 0.3 is 6.09 Å². The van der Waals surface area contributed by atoms with Crippen LogP contribution >= 0.6 is 0 Å². The predicted octanol–water partition coefficient (Wildman–Crippen LogP) is -1.28. The average molecular weight is 203 g/mol. The number of ether oxygens (including phenoxy) is 1. The van der Waals surface area contributed by atoms with Crippen LogP contribution in [0.2, 0.25) is 0 Å². The number of piperidine rings is 1. The Balaban J connectivity index is 2.20. The molecule has 2 rings (SSSR count). The largest absolute Gasteiger partial charge is 0.465 e. The van der Waals surface area contributed by atoms with Gasteiger partial charge in [0.15, 0.2) is 0 Å². The van der Waals surface area contributed by atoms with Gasteiger partial charge in [0, 0.05) is 12.5 Å². The van der Waals surface area contributed by atoms with Crippen LogP contribution in [0.1, 0.15) is 0 Å². The number of fused-ring (bicyclic) bond motifs is 2. The standard InChI is InChI=1S/C8H13NO5/c10-4-8-3-9(7(12)13)1-5(2-14-8)6(8)11/h5-6,10-11H,1-4H2,(H,12,13). The van der Waals surface area contributed by atoms with Crippen molar-refractivity contribution in [3.63, 3.8) is 0 Å². The highest BCUT2D eigenvalue weighted by Crippen LogP contribution is 2.36. The highest BCUT2D eigenvalue weighted by Gasteiger charge is 2.54. The number of carboxylic acid groups (broad SMARTS) is 1. The van der Waals surface area contributed by atoms with E-state index in [1.165, 1.54) is 4.90 Å². The van der Waals surface area contributed by atoms with Crippen LogP contribution < -0.4 is 0 Å². The lowest BCUT2D eigenvalue weighted by atomic mass is 9.86. The van der Waals surface area contributed by atoms with E-state index in [0.717, 1.165) is 0 Å². The van der Waals surface area contributed by atoms with Crippen LogP contribution in [0.5, 0.6) is 0 Å². The molecule has 0 aromatic heterocycles. The third kappa shape index (κ3) is 1.18. The van der Waals surface area contributed by atoms with Gasteiger partial charge < -0.3 is 25.0 Å². The molecule has 3 atom stereocenters. The summed E-state index contributed by atoms with van der Waals surface area (Å²) < 4.78 is 5.30. The van der Waals surface area contributed by atoms with Crippen LogP contribution in [0, 0.1) is 5.92 Å². The second-order valence-electron chi connectivity index (χ2n) is 3.90. The number of hydrogen-bond donors (Lipinski definition) is 3. The molecule has 14 heavy (non-hydrogen) atoms. The summed E-state index contributed by atoms with van der Waals surface area (Å²) >= 11 is 0. The van der Waals surface area contributed by atoms with Crippen molar-refractivity contribution in [2.75, 3.05) is 26.3 Å². The predicted molar refractivity (Wildman–Crippen MR) is 44.9 cm³/mol. The lowest BCUT2D eigenvalue weighted by Gasteiger charge is -2.39. The summed E-state index contributed by atoms with van der Waals surface area (Å²) in [6, 6.07) is 0. The molecule has 2 fully saturated rings. The quantitative estimate of drug-likeness (QED) is 0.493. The van der Waals surface area contributed by atoms with Crippen LogP contribution in [-0.2, 0) is 4.74 Å². The minimum Gasteiger partial charge on any atom is -0.465 e. The molecule has 0 aliphatic carbocycles. The summed E-state index contributed by atoms with van der Waals surface area (Å²) in [7, 11) is 0. The zero-order chi connectivity index (χ0) is 10.3. The van der Waals surface area contributed by atoms with E-state index >= 15 is 0 Å². The summed E-state index contributed by atoms with van der Waals surface area (Å²) in [6.45, 7) is 0.273. The van der Waals surface area contributed by atoms with Gasteiger partial charge in [-0.1, -0.05) is 0 Å². The van der Waals surface area contributed by atoms with Crippen LogP contribution in [0.4, 0.5) is 4.79 Å². The molecule has 6 nitrogen and oxygen atoms in total. The van der Waals surface area contributed by atoms with Gasteiger partial charge in [-0.25, -0.2) is 4.79 Å². The second-order valence-corrected chi connectivity index (χ2v) is 3.90. The van der Waals surface area contributed by atoms with E-state index in [2.05, 4.69) is 0 Å². The first-order valence-corrected chi connectivity index (χ1v) is 4.50.